The number of nitrogen functional groups attached to an aromatic ring is 1. The van der Waals surface area contributed by atoms with Gasteiger partial charge in [-0.15, -0.1) is 0 Å². The number of hydrogen-bond donors (Lipinski definition) is 1. The summed E-state index contributed by atoms with van der Waals surface area (Å²) in [4.78, 5) is 0. The smallest absolute Gasteiger partial charge is 0.0488 e. The number of hydrogen-bond acceptors (Lipinski definition) is 2. The van der Waals surface area contributed by atoms with Gasteiger partial charge >= 0.3 is 0 Å². The van der Waals surface area contributed by atoms with Gasteiger partial charge in [-0.05, 0) is 18.6 Å². The van der Waals surface area contributed by atoms with Gasteiger partial charge in [0.1, 0.15) is 0 Å². The van der Waals surface area contributed by atoms with Gasteiger partial charge in [0.05, 0.1) is 0 Å². The lowest BCUT2D eigenvalue weighted by Gasteiger charge is -2.09. The first-order valence-electron chi connectivity index (χ1n) is 3.78. The van der Waals surface area contributed by atoms with Gasteiger partial charge in [-0.2, -0.15) is 0 Å². The lowest BCUT2D eigenvalue weighted by atomic mass is 10.3. The summed E-state index contributed by atoms with van der Waals surface area (Å²) in [5.41, 5.74) is 6.18. The minimum atomic E-state index is 0.822. The molecule has 60 valence electrons. The van der Waals surface area contributed by atoms with Crippen LogP contribution < -0.4 is 5.73 Å². The summed E-state index contributed by atoms with van der Waals surface area (Å²) in [5, 5.41) is 0. The molecule has 1 aromatic rings. The summed E-state index contributed by atoms with van der Waals surface area (Å²) in [7, 11) is 0. The van der Waals surface area contributed by atoms with E-state index in [1.807, 2.05) is 30.3 Å². The molecule has 1 saturated heterocycles. The molecule has 0 aromatic heterocycles. The fraction of sp³-hybridized carbons (Fsp3) is 0.333. The van der Waals surface area contributed by atoms with E-state index in [1.54, 1.807) is 0 Å². The number of nitrogens with two attached hydrogens (primary N) is 1. The number of anilines is 1. The van der Waals surface area contributed by atoms with Gasteiger partial charge < -0.3 is 10.5 Å². The van der Waals surface area contributed by atoms with Crippen LogP contribution in [0, 0.1) is 0 Å². The highest BCUT2D eigenvalue weighted by Gasteiger charge is 1.94. The highest BCUT2D eigenvalue weighted by atomic mass is 16.5. The molecular weight excluding hydrogens is 138 g/mol. The zero-order valence-corrected chi connectivity index (χ0v) is 6.49. The molecule has 0 amide bonds. The Morgan fingerprint density at radius 3 is 1.73 bits per heavy atom. The molecular formula is C9H13NO. The number of benzene rings is 1. The third-order valence-corrected chi connectivity index (χ3v) is 1.38. The molecule has 0 bridgehead atoms. The van der Waals surface area contributed by atoms with Gasteiger partial charge in [0.2, 0.25) is 0 Å². The van der Waals surface area contributed by atoms with Crippen molar-refractivity contribution in [2.45, 2.75) is 6.42 Å². The lowest BCUT2D eigenvalue weighted by Crippen LogP contribution is -2.09. The first-order valence-corrected chi connectivity index (χ1v) is 3.78. The molecule has 0 aliphatic carbocycles. The van der Waals surface area contributed by atoms with Gasteiger partial charge in [0.15, 0.2) is 0 Å². The molecule has 0 spiro atoms. The molecule has 0 saturated carbocycles. The molecule has 1 fully saturated rings. The van der Waals surface area contributed by atoms with Gasteiger partial charge in [-0.3, -0.25) is 0 Å². The lowest BCUT2D eigenvalue weighted by molar-refractivity contribution is 0.0367. The predicted molar refractivity (Wildman–Crippen MR) is 46.3 cm³/mol. The van der Waals surface area contributed by atoms with E-state index in [-0.39, 0.29) is 0 Å². The molecule has 1 aliphatic rings. The average molecular weight is 151 g/mol. The second-order valence-corrected chi connectivity index (χ2v) is 2.38. The Labute approximate surface area is 67.0 Å². The molecule has 0 radical (unpaired) electrons. The average Bonchev–Trinajstić information content (AvgIpc) is 1.85. The molecule has 2 N–H and O–H groups in total. The van der Waals surface area contributed by atoms with E-state index < -0.39 is 0 Å². The van der Waals surface area contributed by atoms with E-state index in [4.69, 9.17) is 10.5 Å². The summed E-state index contributed by atoms with van der Waals surface area (Å²) < 4.78 is 4.72. The summed E-state index contributed by atoms with van der Waals surface area (Å²) in [6.07, 6.45) is 1.28. The Bertz CT molecular complexity index is 178. The summed E-state index contributed by atoms with van der Waals surface area (Å²) in [6.45, 7) is 2.00. The maximum Gasteiger partial charge on any atom is 0.0488 e. The zero-order valence-electron chi connectivity index (χ0n) is 6.49. The van der Waals surface area contributed by atoms with Crippen molar-refractivity contribution in [1.29, 1.82) is 0 Å². The van der Waals surface area contributed by atoms with E-state index in [1.165, 1.54) is 6.42 Å². The van der Waals surface area contributed by atoms with Crippen molar-refractivity contribution < 1.29 is 4.74 Å². The minimum absolute atomic E-state index is 0.822. The highest BCUT2D eigenvalue weighted by Crippen LogP contribution is 1.95. The first-order chi connectivity index (χ1) is 5.39. The monoisotopic (exact) mass is 151 g/mol. The zero-order chi connectivity index (χ0) is 7.94. The molecule has 2 nitrogen and oxygen atoms in total. The topological polar surface area (TPSA) is 35.2 Å². The molecule has 0 unspecified atom stereocenters. The second-order valence-electron chi connectivity index (χ2n) is 2.38. The standard InChI is InChI=1S/C6H7N.C3H6O/c7-6-4-2-1-3-5-6;1-2-4-3-1/h1-5H,7H2;1-3H2. The molecule has 1 aromatic carbocycles. The van der Waals surface area contributed by atoms with Crippen molar-refractivity contribution in [3.8, 4) is 0 Å². The van der Waals surface area contributed by atoms with Crippen molar-refractivity contribution in [3.05, 3.63) is 30.3 Å². The number of ether oxygens (including phenoxy) is 1. The Kier molecular flexibility index (Phi) is 3.48. The molecule has 1 heterocycles. The summed E-state index contributed by atoms with van der Waals surface area (Å²) in [5.74, 6) is 0. The maximum atomic E-state index is 5.36. The van der Waals surface area contributed by atoms with Crippen LogP contribution in [-0.4, -0.2) is 13.2 Å². The van der Waals surface area contributed by atoms with Crippen molar-refractivity contribution in [2.24, 2.45) is 0 Å². The molecule has 2 rings (SSSR count). The predicted octanol–water partition coefficient (Wildman–Crippen LogP) is 1.68. The van der Waals surface area contributed by atoms with Crippen molar-refractivity contribution in [1.82, 2.24) is 0 Å². The van der Waals surface area contributed by atoms with E-state index >= 15 is 0 Å². The SMILES string of the molecule is C1COC1.Nc1ccccc1. The quantitative estimate of drug-likeness (QED) is 0.572. The Hall–Kier alpha value is -1.02. The number of para-hydroxylation sites is 1. The van der Waals surface area contributed by atoms with Crippen LogP contribution in [0.25, 0.3) is 0 Å². The van der Waals surface area contributed by atoms with Crippen LogP contribution in [0.4, 0.5) is 5.69 Å². The fourth-order valence-corrected chi connectivity index (χ4v) is 0.597. The van der Waals surface area contributed by atoms with Gasteiger partial charge in [0.25, 0.3) is 0 Å². The van der Waals surface area contributed by atoms with Crippen LogP contribution in [-0.2, 0) is 4.74 Å². The van der Waals surface area contributed by atoms with Crippen LogP contribution in [0.1, 0.15) is 6.42 Å². The first kappa shape index (κ1) is 8.08. The molecule has 11 heavy (non-hydrogen) atoms. The maximum absolute atomic E-state index is 5.36. The third-order valence-electron chi connectivity index (χ3n) is 1.38. The van der Waals surface area contributed by atoms with Gasteiger partial charge in [-0.1, -0.05) is 18.2 Å². The van der Waals surface area contributed by atoms with Crippen molar-refractivity contribution in [3.63, 3.8) is 0 Å². The fourth-order valence-electron chi connectivity index (χ4n) is 0.597. The molecule has 1 aliphatic heterocycles. The van der Waals surface area contributed by atoms with Crippen molar-refractivity contribution >= 4 is 5.69 Å². The van der Waals surface area contributed by atoms with Crippen LogP contribution in [0.3, 0.4) is 0 Å². The summed E-state index contributed by atoms with van der Waals surface area (Å²) >= 11 is 0. The second kappa shape index (κ2) is 4.74. The van der Waals surface area contributed by atoms with Gasteiger partial charge in [-0.25, -0.2) is 0 Å². The largest absolute Gasteiger partial charge is 0.399 e. The third kappa shape index (κ3) is 3.63. The van der Waals surface area contributed by atoms with Gasteiger partial charge in [0, 0.05) is 18.9 Å². The Balaban J connectivity index is 0.000000128. The number of rotatable bonds is 0. The van der Waals surface area contributed by atoms with Crippen LogP contribution in [0.5, 0.6) is 0 Å². The minimum Gasteiger partial charge on any atom is -0.399 e. The van der Waals surface area contributed by atoms with Crippen LogP contribution >= 0.6 is 0 Å². The van der Waals surface area contributed by atoms with E-state index in [0.29, 0.717) is 0 Å². The Morgan fingerprint density at radius 2 is 1.55 bits per heavy atom. The van der Waals surface area contributed by atoms with E-state index in [0.717, 1.165) is 18.9 Å². The Morgan fingerprint density at radius 1 is 1.09 bits per heavy atom. The highest BCUT2D eigenvalue weighted by molar-refractivity contribution is 5.35. The van der Waals surface area contributed by atoms with E-state index in [2.05, 4.69) is 0 Å². The van der Waals surface area contributed by atoms with Crippen LogP contribution in [0.15, 0.2) is 30.3 Å². The summed E-state index contributed by atoms with van der Waals surface area (Å²) in [6, 6.07) is 9.49. The van der Waals surface area contributed by atoms with Crippen LogP contribution in [0.2, 0.25) is 0 Å². The van der Waals surface area contributed by atoms with Crippen molar-refractivity contribution in [2.75, 3.05) is 18.9 Å². The molecule has 2 heteroatoms. The molecule has 0 atom stereocenters. The normalized spacial score (nSPS) is 14.2. The van der Waals surface area contributed by atoms with E-state index in [9.17, 15) is 0 Å².